The molecule has 0 heterocycles. The highest BCUT2D eigenvalue weighted by atomic mass is 79.9. The van der Waals surface area contributed by atoms with Gasteiger partial charge in [-0.05, 0) is 69.5 Å². The van der Waals surface area contributed by atoms with Gasteiger partial charge in [0.2, 0.25) is 0 Å². The summed E-state index contributed by atoms with van der Waals surface area (Å²) in [4.78, 5) is 12.1. The van der Waals surface area contributed by atoms with Gasteiger partial charge in [-0.15, -0.1) is 0 Å². The lowest BCUT2D eigenvalue weighted by atomic mass is 10.1. The highest BCUT2D eigenvalue weighted by molar-refractivity contribution is 9.10. The minimum atomic E-state index is -4.55. The van der Waals surface area contributed by atoms with E-state index in [1.54, 1.807) is 18.2 Å². The summed E-state index contributed by atoms with van der Waals surface area (Å²) in [6, 6.07) is 13.0. The van der Waals surface area contributed by atoms with E-state index in [9.17, 15) is 22.4 Å². The number of alkyl halides is 3. The minimum absolute atomic E-state index is 0.166. The molecule has 0 aromatic heterocycles. The van der Waals surface area contributed by atoms with Gasteiger partial charge in [0, 0.05) is 5.56 Å². The molecule has 0 radical (unpaired) electrons. The van der Waals surface area contributed by atoms with Crippen molar-refractivity contribution < 1.29 is 27.1 Å². The van der Waals surface area contributed by atoms with Gasteiger partial charge in [0.15, 0.2) is 5.75 Å². The second kappa shape index (κ2) is 10.1. The topological polar surface area (TPSA) is 50.7 Å². The summed E-state index contributed by atoms with van der Waals surface area (Å²) >= 11 is 9.60. The number of carbonyl (C=O) groups is 1. The van der Waals surface area contributed by atoms with Crippen LogP contribution in [0.2, 0.25) is 5.02 Å². The molecule has 1 N–H and O–H groups in total. The third kappa shape index (κ3) is 6.30. The molecule has 3 rings (SSSR count). The molecule has 0 saturated heterocycles. The Morgan fingerprint density at radius 1 is 1.12 bits per heavy atom. The van der Waals surface area contributed by atoms with Crippen molar-refractivity contribution in [3.63, 3.8) is 0 Å². The largest absolute Gasteiger partial charge is 0.486 e. The number of nitrogens with zero attached hydrogens (tertiary/aromatic N) is 1. The molecule has 0 aliphatic carbocycles. The normalized spacial score (nSPS) is 11.6. The summed E-state index contributed by atoms with van der Waals surface area (Å²) in [5.41, 5.74) is 2.31. The van der Waals surface area contributed by atoms with Gasteiger partial charge in [0.1, 0.15) is 12.4 Å². The predicted molar refractivity (Wildman–Crippen MR) is 116 cm³/mol. The maximum Gasteiger partial charge on any atom is 0.416 e. The summed E-state index contributed by atoms with van der Waals surface area (Å²) in [7, 11) is 0. The molecule has 0 unspecified atom stereocenters. The molecule has 0 atom stereocenters. The monoisotopic (exact) mass is 528 g/mol. The maximum absolute atomic E-state index is 13.0. The van der Waals surface area contributed by atoms with Gasteiger partial charge in [-0.3, -0.25) is 4.79 Å². The number of benzene rings is 3. The van der Waals surface area contributed by atoms with E-state index in [-0.39, 0.29) is 23.0 Å². The van der Waals surface area contributed by atoms with E-state index in [1.165, 1.54) is 30.5 Å². The van der Waals surface area contributed by atoms with Crippen LogP contribution in [0, 0.1) is 5.82 Å². The van der Waals surface area contributed by atoms with Crippen LogP contribution < -0.4 is 10.2 Å². The standard InChI is InChI=1S/C22H14BrClF4N2O2/c23-18-8-14(9-19(24)20(18)32-12-13-4-6-17(25)7-5-13)11-29-30-21(31)15-2-1-3-16(10-15)22(26,27)28/h1-11H,12H2,(H,30,31)/b29-11-. The Balaban J connectivity index is 1.65. The number of halogens is 6. The van der Waals surface area contributed by atoms with Gasteiger partial charge in [-0.1, -0.05) is 29.8 Å². The van der Waals surface area contributed by atoms with Gasteiger partial charge in [-0.25, -0.2) is 9.82 Å². The fourth-order valence-electron chi connectivity index (χ4n) is 2.59. The van der Waals surface area contributed by atoms with E-state index in [0.717, 1.165) is 23.8 Å². The second-order valence-electron chi connectivity index (χ2n) is 6.51. The van der Waals surface area contributed by atoms with Gasteiger partial charge >= 0.3 is 6.18 Å². The highest BCUT2D eigenvalue weighted by Gasteiger charge is 2.30. The number of rotatable bonds is 6. The Morgan fingerprint density at radius 3 is 2.50 bits per heavy atom. The molecule has 10 heteroatoms. The molecular weight excluding hydrogens is 516 g/mol. The van der Waals surface area contributed by atoms with Crippen molar-refractivity contribution in [2.75, 3.05) is 0 Å². The van der Waals surface area contributed by atoms with Crippen LogP contribution in [-0.4, -0.2) is 12.1 Å². The van der Waals surface area contributed by atoms with Crippen LogP contribution in [0.25, 0.3) is 0 Å². The van der Waals surface area contributed by atoms with Crippen molar-refractivity contribution in [2.45, 2.75) is 12.8 Å². The van der Waals surface area contributed by atoms with Crippen molar-refractivity contribution in [1.82, 2.24) is 5.43 Å². The van der Waals surface area contributed by atoms with Crippen LogP contribution in [0.5, 0.6) is 5.75 Å². The highest BCUT2D eigenvalue weighted by Crippen LogP contribution is 2.35. The summed E-state index contributed by atoms with van der Waals surface area (Å²) < 4.78 is 57.5. The molecule has 0 fully saturated rings. The van der Waals surface area contributed by atoms with Crippen LogP contribution in [0.4, 0.5) is 17.6 Å². The fourth-order valence-corrected chi connectivity index (χ4v) is 3.58. The summed E-state index contributed by atoms with van der Waals surface area (Å²) in [6.45, 7) is 0.166. The third-order valence-electron chi connectivity index (χ3n) is 4.15. The molecule has 0 saturated carbocycles. The van der Waals surface area contributed by atoms with E-state index >= 15 is 0 Å². The van der Waals surface area contributed by atoms with Crippen LogP contribution in [0.3, 0.4) is 0 Å². The molecule has 3 aromatic carbocycles. The summed E-state index contributed by atoms with van der Waals surface area (Å²) in [6.07, 6.45) is -3.27. The maximum atomic E-state index is 13.0. The predicted octanol–water partition coefficient (Wildman–Crippen LogP) is 6.60. The van der Waals surface area contributed by atoms with E-state index in [1.807, 2.05) is 0 Å². The van der Waals surface area contributed by atoms with Crippen molar-refractivity contribution >= 4 is 39.7 Å². The van der Waals surface area contributed by atoms with Crippen molar-refractivity contribution in [3.05, 3.63) is 98.2 Å². The first-order valence-corrected chi connectivity index (χ1v) is 10.2. The molecular formula is C22H14BrClF4N2O2. The number of amides is 1. The first-order valence-electron chi connectivity index (χ1n) is 9.00. The van der Waals surface area contributed by atoms with E-state index in [0.29, 0.717) is 15.8 Å². The molecule has 0 bridgehead atoms. The SMILES string of the molecule is O=C(N/N=C\c1cc(Cl)c(OCc2ccc(F)cc2)c(Br)c1)c1cccc(C(F)(F)F)c1. The summed E-state index contributed by atoms with van der Waals surface area (Å²) in [5.74, 6) is -0.783. The minimum Gasteiger partial charge on any atom is -0.486 e. The number of hydrazone groups is 1. The number of ether oxygens (including phenoxy) is 1. The number of hydrogen-bond acceptors (Lipinski definition) is 3. The zero-order chi connectivity index (χ0) is 23.3. The van der Waals surface area contributed by atoms with Gasteiger partial charge in [0.25, 0.3) is 5.91 Å². The van der Waals surface area contributed by atoms with Crippen LogP contribution in [-0.2, 0) is 12.8 Å². The Hall–Kier alpha value is -2.91. The first kappa shape index (κ1) is 23.7. The van der Waals surface area contributed by atoms with Gasteiger partial charge in [0.05, 0.1) is 21.3 Å². The van der Waals surface area contributed by atoms with E-state index < -0.39 is 17.6 Å². The molecule has 4 nitrogen and oxygen atoms in total. The molecule has 3 aromatic rings. The Morgan fingerprint density at radius 2 is 1.84 bits per heavy atom. The molecule has 0 aliphatic rings. The average Bonchev–Trinajstić information content (AvgIpc) is 2.74. The Labute approximate surface area is 194 Å². The van der Waals surface area contributed by atoms with Crippen molar-refractivity contribution in [3.8, 4) is 5.75 Å². The molecule has 1 amide bonds. The summed E-state index contributed by atoms with van der Waals surface area (Å²) in [5, 5.41) is 4.02. The smallest absolute Gasteiger partial charge is 0.416 e. The van der Waals surface area contributed by atoms with Crippen molar-refractivity contribution in [2.24, 2.45) is 5.10 Å². The van der Waals surface area contributed by atoms with Crippen LogP contribution in [0.1, 0.15) is 27.0 Å². The van der Waals surface area contributed by atoms with Crippen LogP contribution >= 0.6 is 27.5 Å². The van der Waals surface area contributed by atoms with Gasteiger partial charge in [-0.2, -0.15) is 18.3 Å². The fraction of sp³-hybridized carbons (Fsp3) is 0.0909. The van der Waals surface area contributed by atoms with Crippen LogP contribution in [0.15, 0.2) is 70.2 Å². The molecule has 0 spiro atoms. The zero-order valence-electron chi connectivity index (χ0n) is 16.1. The van der Waals surface area contributed by atoms with Gasteiger partial charge < -0.3 is 4.74 Å². The zero-order valence-corrected chi connectivity index (χ0v) is 18.4. The second-order valence-corrected chi connectivity index (χ2v) is 7.77. The van der Waals surface area contributed by atoms with Crippen molar-refractivity contribution in [1.29, 1.82) is 0 Å². The third-order valence-corrected chi connectivity index (χ3v) is 5.02. The number of carbonyl (C=O) groups excluding carboxylic acids is 1. The number of hydrogen-bond donors (Lipinski definition) is 1. The molecule has 0 aliphatic heterocycles. The Kier molecular flexibility index (Phi) is 7.52. The Bertz CT molecular complexity index is 1130. The number of nitrogens with one attached hydrogen (secondary N) is 1. The lowest BCUT2D eigenvalue weighted by Crippen LogP contribution is -2.18. The molecule has 166 valence electrons. The van der Waals surface area contributed by atoms with E-state index in [2.05, 4.69) is 26.5 Å². The lowest BCUT2D eigenvalue weighted by Gasteiger charge is -2.11. The average molecular weight is 530 g/mol. The quantitative estimate of drug-likeness (QED) is 0.222. The lowest BCUT2D eigenvalue weighted by molar-refractivity contribution is -0.137. The first-order chi connectivity index (χ1) is 15.1. The molecule has 32 heavy (non-hydrogen) atoms. The van der Waals surface area contributed by atoms with E-state index in [4.69, 9.17) is 16.3 Å².